The fourth-order valence-electron chi connectivity index (χ4n) is 2.48. The highest BCUT2D eigenvalue weighted by Gasteiger charge is 2.21. The molecule has 132 valence electrons. The van der Waals surface area contributed by atoms with E-state index in [-0.39, 0.29) is 5.69 Å². The first-order valence-corrected chi connectivity index (χ1v) is 7.93. The fourth-order valence-corrected chi connectivity index (χ4v) is 2.48. The van der Waals surface area contributed by atoms with Crippen molar-refractivity contribution in [3.05, 3.63) is 65.9 Å². The molecule has 0 aliphatic carbocycles. The van der Waals surface area contributed by atoms with Crippen molar-refractivity contribution < 1.29 is 14.3 Å². The number of carbonyl (C=O) groups excluding carboxylic acids is 1. The maximum absolute atomic E-state index is 11.6. The van der Waals surface area contributed by atoms with Crippen LogP contribution >= 0.6 is 0 Å². The third kappa shape index (κ3) is 3.72. The normalized spacial score (nSPS) is 10.8. The number of aromatic amines is 1. The van der Waals surface area contributed by atoms with Crippen molar-refractivity contribution in [2.75, 3.05) is 13.7 Å². The van der Waals surface area contributed by atoms with Gasteiger partial charge in [0.2, 0.25) is 0 Å². The van der Waals surface area contributed by atoms with Gasteiger partial charge in [0.05, 0.1) is 12.7 Å². The molecule has 0 fully saturated rings. The summed E-state index contributed by atoms with van der Waals surface area (Å²) < 4.78 is 11.3. The molecule has 1 heterocycles. The summed E-state index contributed by atoms with van der Waals surface area (Å²) in [6.45, 7) is 0.312. The first-order valence-electron chi connectivity index (χ1n) is 7.93. The molecule has 26 heavy (non-hydrogen) atoms. The Morgan fingerprint density at radius 2 is 1.96 bits per heavy atom. The number of hydrogen-bond donors (Lipinski definition) is 2. The molecule has 7 nitrogen and oxygen atoms in total. The lowest BCUT2D eigenvalue weighted by atomic mass is 10.1. The van der Waals surface area contributed by atoms with Gasteiger partial charge in [-0.1, -0.05) is 42.5 Å². The van der Waals surface area contributed by atoms with Gasteiger partial charge >= 0.3 is 0 Å². The maximum atomic E-state index is 11.6. The summed E-state index contributed by atoms with van der Waals surface area (Å²) in [5.74, 6) is 0.310. The molecule has 0 aliphatic heterocycles. The number of nitrogens with zero attached hydrogens (tertiary/aromatic N) is 2. The van der Waals surface area contributed by atoms with Gasteiger partial charge < -0.3 is 15.2 Å². The molecule has 0 aliphatic rings. The highest BCUT2D eigenvalue weighted by Crippen LogP contribution is 2.38. The second-order valence-electron chi connectivity index (χ2n) is 5.35. The molecule has 0 bridgehead atoms. The number of nitrogens with one attached hydrogen (secondary N) is 1. The van der Waals surface area contributed by atoms with E-state index < -0.39 is 5.91 Å². The number of aromatic nitrogens is 3. The molecule has 0 radical (unpaired) electrons. The van der Waals surface area contributed by atoms with E-state index in [0.717, 1.165) is 5.56 Å². The topological polar surface area (TPSA) is 103 Å². The third-order valence-corrected chi connectivity index (χ3v) is 3.67. The zero-order valence-corrected chi connectivity index (χ0v) is 14.2. The van der Waals surface area contributed by atoms with Crippen LogP contribution in [0.3, 0.4) is 0 Å². The zero-order chi connectivity index (χ0) is 18.4. The molecule has 0 saturated carbocycles. The number of rotatable bonds is 7. The van der Waals surface area contributed by atoms with Gasteiger partial charge in [0.25, 0.3) is 5.91 Å². The summed E-state index contributed by atoms with van der Waals surface area (Å²) in [6.07, 6.45) is 3.85. The lowest BCUT2D eigenvalue weighted by Crippen LogP contribution is -2.13. The average Bonchev–Trinajstić information content (AvgIpc) is 3.16. The summed E-state index contributed by atoms with van der Waals surface area (Å²) in [6, 6.07) is 15.2. The Morgan fingerprint density at radius 3 is 2.69 bits per heavy atom. The second-order valence-corrected chi connectivity index (χ2v) is 5.35. The lowest BCUT2D eigenvalue weighted by molar-refractivity contribution is 0.0996. The molecule has 7 heteroatoms. The quantitative estimate of drug-likeness (QED) is 0.682. The minimum absolute atomic E-state index is 0.0444. The molecule has 1 amide bonds. The highest BCUT2D eigenvalue weighted by atomic mass is 16.5. The Balaban J connectivity index is 1.87. The molecule has 2 aromatic carbocycles. The predicted molar refractivity (Wildman–Crippen MR) is 97.9 cm³/mol. The van der Waals surface area contributed by atoms with Crippen LogP contribution in [0.1, 0.15) is 16.1 Å². The van der Waals surface area contributed by atoms with Gasteiger partial charge in [-0.15, -0.1) is 0 Å². The molecule has 0 atom stereocenters. The molecule has 3 N–H and O–H groups in total. The Morgan fingerprint density at radius 1 is 1.15 bits per heavy atom. The van der Waals surface area contributed by atoms with Crippen LogP contribution in [0.2, 0.25) is 0 Å². The third-order valence-electron chi connectivity index (χ3n) is 3.67. The molecular formula is C19H18N4O3. The van der Waals surface area contributed by atoms with E-state index in [9.17, 15) is 4.79 Å². The van der Waals surface area contributed by atoms with Crippen molar-refractivity contribution >= 4 is 12.0 Å². The molecule has 0 spiro atoms. The van der Waals surface area contributed by atoms with Gasteiger partial charge in [-0.3, -0.25) is 4.79 Å². The highest BCUT2D eigenvalue weighted by molar-refractivity contribution is 5.97. The van der Waals surface area contributed by atoms with Gasteiger partial charge in [0, 0.05) is 0 Å². The van der Waals surface area contributed by atoms with E-state index in [0.29, 0.717) is 29.4 Å². The number of benzene rings is 2. The number of primary amides is 1. The van der Waals surface area contributed by atoms with Gasteiger partial charge in [0.1, 0.15) is 12.3 Å². The molecular weight excluding hydrogens is 332 g/mol. The zero-order valence-electron chi connectivity index (χ0n) is 14.2. The Bertz CT molecular complexity index is 920. The van der Waals surface area contributed by atoms with Gasteiger partial charge in [-0.05, 0) is 23.8 Å². The van der Waals surface area contributed by atoms with Crippen LogP contribution in [0.5, 0.6) is 11.5 Å². The van der Waals surface area contributed by atoms with Crippen LogP contribution in [0, 0.1) is 0 Å². The number of ether oxygens (including phenoxy) is 2. The number of nitrogens with two attached hydrogens (primary N) is 1. The number of para-hydroxylation sites is 1. The van der Waals surface area contributed by atoms with Crippen molar-refractivity contribution in [2.45, 2.75) is 0 Å². The Kier molecular flexibility index (Phi) is 5.28. The minimum Gasteiger partial charge on any atom is -0.493 e. The summed E-state index contributed by atoms with van der Waals surface area (Å²) in [4.78, 5) is 11.6. The smallest absolute Gasteiger partial charge is 0.271 e. The van der Waals surface area contributed by atoms with Crippen LogP contribution in [0.15, 0.2) is 54.6 Å². The summed E-state index contributed by atoms with van der Waals surface area (Å²) in [5.41, 5.74) is 7.36. The van der Waals surface area contributed by atoms with Crippen molar-refractivity contribution in [1.82, 2.24) is 15.4 Å². The van der Waals surface area contributed by atoms with E-state index in [1.807, 2.05) is 42.5 Å². The number of methoxy groups -OCH3 is 1. The number of H-pyrrole nitrogens is 1. The largest absolute Gasteiger partial charge is 0.493 e. The van der Waals surface area contributed by atoms with Crippen LogP contribution in [0.25, 0.3) is 17.3 Å². The van der Waals surface area contributed by atoms with Crippen molar-refractivity contribution in [2.24, 2.45) is 5.73 Å². The number of amides is 1. The van der Waals surface area contributed by atoms with Crippen molar-refractivity contribution in [3.63, 3.8) is 0 Å². The monoisotopic (exact) mass is 350 g/mol. The van der Waals surface area contributed by atoms with E-state index >= 15 is 0 Å². The second kappa shape index (κ2) is 7.98. The Hall–Kier alpha value is -3.61. The van der Waals surface area contributed by atoms with E-state index in [4.69, 9.17) is 15.2 Å². The summed E-state index contributed by atoms with van der Waals surface area (Å²) in [5, 5.41) is 10.3. The van der Waals surface area contributed by atoms with Crippen LogP contribution < -0.4 is 15.2 Å². The molecule has 3 aromatic rings. The fraction of sp³-hybridized carbons (Fsp3) is 0.105. The molecule has 0 unspecified atom stereocenters. The molecule has 1 aromatic heterocycles. The number of carbonyl (C=O) groups is 1. The summed E-state index contributed by atoms with van der Waals surface area (Å²) >= 11 is 0. The van der Waals surface area contributed by atoms with E-state index in [1.54, 1.807) is 25.3 Å². The van der Waals surface area contributed by atoms with E-state index in [2.05, 4.69) is 15.4 Å². The molecule has 0 saturated heterocycles. The first-order chi connectivity index (χ1) is 12.7. The maximum Gasteiger partial charge on any atom is 0.271 e. The van der Waals surface area contributed by atoms with Crippen LogP contribution in [-0.4, -0.2) is 35.0 Å². The minimum atomic E-state index is -0.675. The van der Waals surface area contributed by atoms with E-state index in [1.165, 1.54) is 0 Å². The van der Waals surface area contributed by atoms with Crippen molar-refractivity contribution in [1.29, 1.82) is 0 Å². The standard InChI is InChI=1S/C19H18N4O3/c1-25-15-11-5-10-14(16-17(19(20)24)22-23-21-16)18(15)26-12-6-9-13-7-3-2-4-8-13/h2-11H,12H2,1H3,(H2,20,24)(H,21,22,23). The van der Waals surface area contributed by atoms with Crippen LogP contribution in [0.4, 0.5) is 0 Å². The van der Waals surface area contributed by atoms with Gasteiger partial charge in [0.15, 0.2) is 17.2 Å². The van der Waals surface area contributed by atoms with Gasteiger partial charge in [-0.2, -0.15) is 15.4 Å². The first kappa shape index (κ1) is 17.2. The lowest BCUT2D eigenvalue weighted by Gasteiger charge is -2.13. The summed E-state index contributed by atoms with van der Waals surface area (Å²) in [7, 11) is 1.55. The van der Waals surface area contributed by atoms with Crippen LogP contribution in [-0.2, 0) is 0 Å². The number of hydrogen-bond acceptors (Lipinski definition) is 5. The van der Waals surface area contributed by atoms with Crippen molar-refractivity contribution in [3.8, 4) is 22.8 Å². The molecule has 3 rings (SSSR count). The SMILES string of the molecule is COc1cccc(-c2n[nH]nc2C(N)=O)c1OCC=Cc1ccccc1. The Labute approximate surface area is 150 Å². The predicted octanol–water partition coefficient (Wildman–Crippen LogP) is 2.67. The van der Waals surface area contributed by atoms with Gasteiger partial charge in [-0.25, -0.2) is 0 Å². The average molecular weight is 350 g/mol.